The van der Waals surface area contributed by atoms with Crippen LogP contribution in [0.1, 0.15) is 51.8 Å². The summed E-state index contributed by atoms with van der Waals surface area (Å²) in [6, 6.07) is 2.01. The highest BCUT2D eigenvalue weighted by atomic mass is 35.5. The highest BCUT2D eigenvalue weighted by Gasteiger charge is 2.26. The minimum atomic E-state index is -0.250. The van der Waals surface area contributed by atoms with Gasteiger partial charge in [-0.2, -0.15) is 5.10 Å². The van der Waals surface area contributed by atoms with Crippen LogP contribution in [-0.2, 0) is 18.3 Å². The molecule has 3 rings (SSSR count). The maximum Gasteiger partial charge on any atom is 0.263 e. The number of carbonyl (C=O) groups excluding carboxylic acids is 1. The first-order chi connectivity index (χ1) is 14.3. The molecule has 1 aliphatic rings. The SMILES string of the molecule is COCCN(Cc1c(C)nn(C)c1C)C(=O)c1c(C)ccn(C2CCNCC2)c1=O.Cl.Cl. The van der Waals surface area contributed by atoms with Gasteiger partial charge in [0.2, 0.25) is 0 Å². The molecular weight excluding hydrogens is 453 g/mol. The summed E-state index contributed by atoms with van der Waals surface area (Å²) in [5.41, 5.74) is 3.67. The highest BCUT2D eigenvalue weighted by molar-refractivity contribution is 5.95. The predicted octanol–water partition coefficient (Wildman–Crippen LogP) is 2.56. The first-order valence-corrected chi connectivity index (χ1v) is 10.5. The van der Waals surface area contributed by atoms with Crippen LogP contribution < -0.4 is 10.9 Å². The van der Waals surface area contributed by atoms with E-state index in [0.29, 0.717) is 25.3 Å². The average molecular weight is 488 g/mol. The monoisotopic (exact) mass is 487 g/mol. The summed E-state index contributed by atoms with van der Waals surface area (Å²) < 4.78 is 8.80. The smallest absolute Gasteiger partial charge is 0.263 e. The molecule has 10 heteroatoms. The Morgan fingerprint density at radius 1 is 1.25 bits per heavy atom. The van der Waals surface area contributed by atoms with Crippen LogP contribution in [0.3, 0.4) is 0 Å². The summed E-state index contributed by atoms with van der Waals surface area (Å²) in [4.78, 5) is 28.6. The van der Waals surface area contributed by atoms with Crippen molar-refractivity contribution in [3.8, 4) is 0 Å². The lowest BCUT2D eigenvalue weighted by molar-refractivity contribution is 0.0676. The molecule has 2 aromatic rings. The van der Waals surface area contributed by atoms with E-state index in [0.717, 1.165) is 42.9 Å². The predicted molar refractivity (Wildman–Crippen MR) is 130 cm³/mol. The van der Waals surface area contributed by atoms with Crippen LogP contribution in [0.2, 0.25) is 0 Å². The van der Waals surface area contributed by atoms with Crippen molar-refractivity contribution in [3.63, 3.8) is 0 Å². The molecule has 8 nitrogen and oxygen atoms in total. The van der Waals surface area contributed by atoms with Crippen LogP contribution in [0.15, 0.2) is 17.1 Å². The highest BCUT2D eigenvalue weighted by Crippen LogP contribution is 2.20. The van der Waals surface area contributed by atoms with Gasteiger partial charge in [0.15, 0.2) is 0 Å². The van der Waals surface area contributed by atoms with Crippen LogP contribution in [0.4, 0.5) is 0 Å². The Morgan fingerprint density at radius 2 is 1.91 bits per heavy atom. The number of rotatable bonds is 7. The largest absolute Gasteiger partial charge is 0.383 e. The van der Waals surface area contributed by atoms with E-state index in [1.165, 1.54) is 0 Å². The van der Waals surface area contributed by atoms with Crippen molar-refractivity contribution >= 4 is 30.7 Å². The van der Waals surface area contributed by atoms with Crippen LogP contribution in [0.25, 0.3) is 0 Å². The van der Waals surface area contributed by atoms with Gasteiger partial charge in [-0.1, -0.05) is 0 Å². The minimum Gasteiger partial charge on any atom is -0.383 e. The standard InChI is InChI=1S/C22H33N5O3.2ClH/c1-15-8-11-27(18-6-9-23-10-7-18)22(29)20(15)21(28)26(12-13-30-5)14-19-16(2)24-25(4)17(19)3;;/h8,11,18,23H,6-7,9-10,12-14H2,1-5H3;2*1H. The number of pyridine rings is 1. The fourth-order valence-corrected chi connectivity index (χ4v) is 4.12. The van der Waals surface area contributed by atoms with Crippen molar-refractivity contribution in [2.45, 2.75) is 46.2 Å². The van der Waals surface area contributed by atoms with Crippen LogP contribution in [0.5, 0.6) is 0 Å². The second-order valence-electron chi connectivity index (χ2n) is 8.06. The first kappa shape index (κ1) is 28.2. The molecule has 0 atom stereocenters. The Morgan fingerprint density at radius 3 is 2.47 bits per heavy atom. The number of nitrogens with zero attached hydrogens (tertiary/aromatic N) is 4. The number of hydrogen-bond acceptors (Lipinski definition) is 5. The molecule has 0 spiro atoms. The Labute approximate surface area is 202 Å². The van der Waals surface area contributed by atoms with Crippen molar-refractivity contribution in [1.29, 1.82) is 0 Å². The van der Waals surface area contributed by atoms with E-state index in [4.69, 9.17) is 4.74 Å². The normalized spacial score (nSPS) is 13.9. The zero-order valence-corrected chi connectivity index (χ0v) is 21.1. The summed E-state index contributed by atoms with van der Waals surface area (Å²) >= 11 is 0. The number of halogens is 2. The molecule has 1 amide bonds. The van der Waals surface area contributed by atoms with E-state index in [-0.39, 0.29) is 47.9 Å². The van der Waals surface area contributed by atoms with Gasteiger partial charge in [-0.25, -0.2) is 0 Å². The summed E-state index contributed by atoms with van der Waals surface area (Å²) in [6.45, 7) is 8.74. The Bertz CT molecular complexity index is 967. The first-order valence-electron chi connectivity index (χ1n) is 10.5. The van der Waals surface area contributed by atoms with Crippen molar-refractivity contribution in [2.24, 2.45) is 7.05 Å². The number of methoxy groups -OCH3 is 1. The van der Waals surface area contributed by atoms with Gasteiger partial charge in [0.1, 0.15) is 5.56 Å². The van der Waals surface area contributed by atoms with E-state index >= 15 is 0 Å². The Hall–Kier alpha value is -1.87. The molecule has 0 aliphatic carbocycles. The number of carbonyl (C=O) groups is 1. The summed E-state index contributed by atoms with van der Waals surface area (Å²) in [5, 5.41) is 7.78. The van der Waals surface area contributed by atoms with Gasteiger partial charge in [-0.15, -0.1) is 24.8 Å². The van der Waals surface area contributed by atoms with Gasteiger partial charge in [0.25, 0.3) is 11.5 Å². The number of aryl methyl sites for hydroxylation is 3. The van der Waals surface area contributed by atoms with Crippen LogP contribution >= 0.6 is 24.8 Å². The Balaban J connectivity index is 0.00000256. The van der Waals surface area contributed by atoms with Gasteiger partial charge in [0.05, 0.1) is 12.3 Å². The van der Waals surface area contributed by atoms with Crippen molar-refractivity contribution in [3.05, 3.63) is 50.7 Å². The number of aromatic nitrogens is 3. The molecule has 0 unspecified atom stereocenters. The number of hydrogen-bond donors (Lipinski definition) is 1. The van der Waals surface area contributed by atoms with E-state index in [9.17, 15) is 9.59 Å². The molecular formula is C22H35Cl2N5O3. The zero-order valence-electron chi connectivity index (χ0n) is 19.5. The van der Waals surface area contributed by atoms with Gasteiger partial charge >= 0.3 is 0 Å². The third-order valence-electron chi connectivity index (χ3n) is 6.10. The van der Waals surface area contributed by atoms with Gasteiger partial charge in [0, 0.05) is 50.7 Å². The van der Waals surface area contributed by atoms with Crippen molar-refractivity contribution in [1.82, 2.24) is 24.6 Å². The summed E-state index contributed by atoms with van der Waals surface area (Å²) in [5.74, 6) is -0.250. The Kier molecular flexibility index (Phi) is 10.9. The van der Waals surface area contributed by atoms with E-state index in [1.54, 1.807) is 16.6 Å². The molecule has 0 radical (unpaired) electrons. The maximum atomic E-state index is 13.6. The number of nitrogens with one attached hydrogen (secondary N) is 1. The molecule has 1 saturated heterocycles. The lowest BCUT2D eigenvalue weighted by atomic mass is 10.0. The molecule has 0 aromatic carbocycles. The topological polar surface area (TPSA) is 81.4 Å². The summed E-state index contributed by atoms with van der Waals surface area (Å²) in [6.07, 6.45) is 3.61. The number of piperidine rings is 1. The van der Waals surface area contributed by atoms with Crippen molar-refractivity contribution < 1.29 is 9.53 Å². The van der Waals surface area contributed by atoms with Crippen molar-refractivity contribution in [2.75, 3.05) is 33.4 Å². The third kappa shape index (κ3) is 5.92. The van der Waals surface area contributed by atoms with Gasteiger partial charge in [-0.3, -0.25) is 14.3 Å². The third-order valence-corrected chi connectivity index (χ3v) is 6.10. The molecule has 180 valence electrons. The molecule has 32 heavy (non-hydrogen) atoms. The minimum absolute atomic E-state index is 0. The van der Waals surface area contributed by atoms with Gasteiger partial charge < -0.3 is 19.5 Å². The second-order valence-corrected chi connectivity index (χ2v) is 8.06. The molecule has 3 heterocycles. The maximum absolute atomic E-state index is 13.6. The van der Waals surface area contributed by atoms with E-state index in [2.05, 4.69) is 10.4 Å². The second kappa shape index (κ2) is 12.4. The average Bonchev–Trinajstić information content (AvgIpc) is 2.97. The quantitative estimate of drug-likeness (QED) is 0.648. The molecule has 2 aromatic heterocycles. The van der Waals surface area contributed by atoms with E-state index < -0.39 is 0 Å². The number of ether oxygens (including phenoxy) is 1. The molecule has 1 fully saturated rings. The number of amides is 1. The molecule has 1 N–H and O–H groups in total. The summed E-state index contributed by atoms with van der Waals surface area (Å²) in [7, 11) is 3.51. The van der Waals surface area contributed by atoms with Crippen LogP contribution in [-0.4, -0.2) is 58.5 Å². The molecule has 0 bridgehead atoms. The molecule has 0 saturated carbocycles. The lowest BCUT2D eigenvalue weighted by Crippen LogP contribution is -2.41. The van der Waals surface area contributed by atoms with Gasteiger partial charge in [-0.05, 0) is 58.3 Å². The van der Waals surface area contributed by atoms with E-state index in [1.807, 2.05) is 44.8 Å². The zero-order chi connectivity index (χ0) is 21.8. The fourth-order valence-electron chi connectivity index (χ4n) is 4.12. The van der Waals surface area contributed by atoms with Crippen LogP contribution in [0, 0.1) is 20.8 Å². The lowest BCUT2D eigenvalue weighted by Gasteiger charge is -2.27. The molecule has 1 aliphatic heterocycles. The fraction of sp³-hybridized carbons (Fsp3) is 0.591.